The maximum atomic E-state index is 12.3. The fourth-order valence-corrected chi connectivity index (χ4v) is 5.53. The van der Waals surface area contributed by atoms with Crippen LogP contribution in [0.4, 0.5) is 0 Å². The van der Waals surface area contributed by atoms with Crippen molar-refractivity contribution in [1.29, 1.82) is 0 Å². The molecular formula is C34H45N3O7S2. The first-order valence-electron chi connectivity index (χ1n) is 13.9. The quantitative estimate of drug-likeness (QED) is 0.181. The number of nitrogens with zero attached hydrogens (tertiary/aromatic N) is 2. The van der Waals surface area contributed by atoms with Crippen molar-refractivity contribution < 1.29 is 30.8 Å². The summed E-state index contributed by atoms with van der Waals surface area (Å²) in [5, 5.41) is 9.66. The number of aromatic nitrogens is 2. The molecule has 12 heteroatoms. The van der Waals surface area contributed by atoms with Crippen molar-refractivity contribution in [1.82, 2.24) is 15.5 Å². The molecule has 0 aliphatic rings. The summed E-state index contributed by atoms with van der Waals surface area (Å²) in [6, 6.07) is 20.4. The number of sulfone groups is 2. The van der Waals surface area contributed by atoms with Crippen LogP contribution in [0.3, 0.4) is 0 Å². The molecule has 0 fully saturated rings. The molecule has 0 spiro atoms. The summed E-state index contributed by atoms with van der Waals surface area (Å²) in [7, 11) is -6.95. The van der Waals surface area contributed by atoms with Gasteiger partial charge in [0.15, 0.2) is 15.6 Å². The molecule has 46 heavy (non-hydrogen) atoms. The number of hydrogen-bond acceptors (Lipinski definition) is 9. The van der Waals surface area contributed by atoms with E-state index in [1.807, 2.05) is 45.0 Å². The molecule has 0 aliphatic heterocycles. The van der Waals surface area contributed by atoms with Gasteiger partial charge >= 0.3 is 5.22 Å². The van der Waals surface area contributed by atoms with Crippen molar-refractivity contribution in [2.75, 3.05) is 12.0 Å². The van der Waals surface area contributed by atoms with Crippen LogP contribution in [0.5, 0.6) is 0 Å². The third kappa shape index (κ3) is 11.3. The molecule has 1 heterocycles. The Balaban J connectivity index is 0.000000467. The van der Waals surface area contributed by atoms with Crippen LogP contribution in [-0.4, -0.2) is 56.8 Å². The number of Topliss-reactive ketones (excluding diaryl/α,β-unsaturated/α-hetero) is 1. The number of rotatable bonds is 10. The molecule has 1 aromatic heterocycles. The number of carbonyl (C=O) groups is 2. The van der Waals surface area contributed by atoms with Gasteiger partial charge in [-0.3, -0.25) is 9.59 Å². The number of carbonyl (C=O) groups excluding carboxylic acids is 2. The van der Waals surface area contributed by atoms with Crippen LogP contribution in [0.2, 0.25) is 0 Å². The topological polar surface area (TPSA) is 153 Å². The predicted molar refractivity (Wildman–Crippen MR) is 182 cm³/mol. The Bertz CT molecular complexity index is 1790. The van der Waals surface area contributed by atoms with Crippen LogP contribution in [0.1, 0.15) is 86.7 Å². The number of amides is 1. The fourth-order valence-electron chi connectivity index (χ4n) is 3.87. The monoisotopic (exact) mass is 671 g/mol. The van der Waals surface area contributed by atoms with Crippen molar-refractivity contribution in [3.8, 4) is 11.5 Å². The second-order valence-corrected chi connectivity index (χ2v) is 14.9. The fraction of sp³-hybridized carbons (Fsp3) is 0.353. The zero-order valence-electron chi connectivity index (χ0n) is 25.6. The standard InChI is InChI=1S/C20H23NO4S.C12H14N2O3S.2CH4/c1-14(2)21-20(23)17-8-6-16(7-9-17)19(22)12-13-26(24,25)18-10-4-15(3)5-11-18;1-8(2)9-4-6-10(7-5-9)11-13-14-12(17-11)18(3,15)16;;/h4-11,14H,12-13H2,1-3H3,(H,21,23);4-8H,1-3H3;2*1H4. The molecule has 0 radical (unpaired) electrons. The van der Waals surface area contributed by atoms with Crippen LogP contribution < -0.4 is 5.32 Å². The highest BCUT2D eigenvalue weighted by molar-refractivity contribution is 7.91. The van der Waals surface area contributed by atoms with Gasteiger partial charge in [-0.25, -0.2) is 16.8 Å². The number of nitrogens with one attached hydrogen (secondary N) is 1. The van der Waals surface area contributed by atoms with Gasteiger partial charge in [0.1, 0.15) is 0 Å². The molecule has 0 unspecified atom stereocenters. The molecule has 0 aliphatic carbocycles. The minimum Gasteiger partial charge on any atom is -0.408 e. The first kappa shape index (κ1) is 39.9. The molecule has 1 N–H and O–H groups in total. The second kappa shape index (κ2) is 17.0. The number of ketones is 1. The van der Waals surface area contributed by atoms with Gasteiger partial charge in [-0.15, -0.1) is 5.10 Å². The Morgan fingerprint density at radius 2 is 1.33 bits per heavy atom. The Kier molecular flexibility index (Phi) is 14.7. The van der Waals surface area contributed by atoms with E-state index in [4.69, 9.17) is 4.42 Å². The third-order valence-electron chi connectivity index (χ3n) is 6.41. The second-order valence-electron chi connectivity index (χ2n) is 10.9. The Morgan fingerprint density at radius 1 is 0.783 bits per heavy atom. The first-order valence-corrected chi connectivity index (χ1v) is 17.5. The summed E-state index contributed by atoms with van der Waals surface area (Å²) < 4.78 is 52.2. The lowest BCUT2D eigenvalue weighted by atomic mass is 10.0. The highest BCUT2D eigenvalue weighted by Crippen LogP contribution is 2.23. The Morgan fingerprint density at radius 3 is 1.80 bits per heavy atom. The van der Waals surface area contributed by atoms with Gasteiger partial charge in [0, 0.05) is 35.4 Å². The summed E-state index contributed by atoms with van der Waals surface area (Å²) in [5.41, 5.74) is 3.73. The molecule has 4 rings (SSSR count). The minimum absolute atomic E-state index is 0. The van der Waals surface area contributed by atoms with Gasteiger partial charge in [0.25, 0.3) is 5.91 Å². The number of benzene rings is 3. The molecule has 0 saturated heterocycles. The minimum atomic E-state index is -3.50. The molecule has 0 bridgehead atoms. The van der Waals surface area contributed by atoms with Crippen molar-refractivity contribution >= 4 is 31.4 Å². The molecule has 250 valence electrons. The molecule has 0 saturated carbocycles. The Labute approximate surface area is 273 Å². The first-order chi connectivity index (χ1) is 20.6. The molecular weight excluding hydrogens is 627 g/mol. The van der Waals surface area contributed by atoms with Crippen molar-refractivity contribution in [3.63, 3.8) is 0 Å². The lowest BCUT2D eigenvalue weighted by Gasteiger charge is -2.09. The summed E-state index contributed by atoms with van der Waals surface area (Å²) in [4.78, 5) is 24.4. The maximum Gasteiger partial charge on any atom is 0.335 e. The molecule has 0 atom stereocenters. The van der Waals surface area contributed by atoms with Crippen LogP contribution in [0, 0.1) is 6.92 Å². The number of hydrogen-bond donors (Lipinski definition) is 1. The SMILES string of the molecule is C.C.CC(C)c1ccc(-c2nnc(S(C)(=O)=O)o2)cc1.Cc1ccc(S(=O)(=O)CCC(=O)c2ccc(C(=O)NC(C)C)cc2)cc1. The zero-order chi connectivity index (χ0) is 32.7. The summed E-state index contributed by atoms with van der Waals surface area (Å²) in [6.45, 7) is 9.81. The van der Waals surface area contributed by atoms with E-state index in [0.29, 0.717) is 22.6 Å². The van der Waals surface area contributed by atoms with Crippen LogP contribution in [0.25, 0.3) is 11.5 Å². The maximum absolute atomic E-state index is 12.3. The lowest BCUT2D eigenvalue weighted by Crippen LogP contribution is -2.30. The van der Waals surface area contributed by atoms with E-state index in [2.05, 4.69) is 29.4 Å². The van der Waals surface area contributed by atoms with E-state index in [9.17, 15) is 26.4 Å². The number of aryl methyl sites for hydroxylation is 1. The predicted octanol–water partition coefficient (Wildman–Crippen LogP) is 6.72. The smallest absolute Gasteiger partial charge is 0.335 e. The van der Waals surface area contributed by atoms with E-state index >= 15 is 0 Å². The lowest BCUT2D eigenvalue weighted by molar-refractivity contribution is 0.0940. The van der Waals surface area contributed by atoms with Gasteiger partial charge in [-0.2, -0.15) is 0 Å². The van der Waals surface area contributed by atoms with E-state index < -0.39 is 19.7 Å². The van der Waals surface area contributed by atoms with Crippen molar-refractivity contribution in [2.24, 2.45) is 0 Å². The highest BCUT2D eigenvalue weighted by Gasteiger charge is 2.19. The van der Waals surface area contributed by atoms with Crippen LogP contribution >= 0.6 is 0 Å². The average Bonchev–Trinajstić information content (AvgIpc) is 3.48. The third-order valence-corrected chi connectivity index (χ3v) is 8.95. The largest absolute Gasteiger partial charge is 0.408 e. The normalized spacial score (nSPS) is 11.1. The van der Waals surface area contributed by atoms with E-state index in [1.54, 1.807) is 48.5 Å². The van der Waals surface area contributed by atoms with Gasteiger partial charge in [0.05, 0.1) is 10.6 Å². The van der Waals surface area contributed by atoms with Crippen LogP contribution in [0.15, 0.2) is 87.3 Å². The van der Waals surface area contributed by atoms with Gasteiger partial charge in [-0.05, 0) is 68.7 Å². The zero-order valence-corrected chi connectivity index (χ0v) is 27.2. The summed E-state index contributed by atoms with van der Waals surface area (Å²) in [6.07, 6.45) is 0.930. The average molecular weight is 672 g/mol. The highest BCUT2D eigenvalue weighted by atomic mass is 32.2. The molecule has 1 amide bonds. The van der Waals surface area contributed by atoms with E-state index in [-0.39, 0.29) is 60.8 Å². The van der Waals surface area contributed by atoms with E-state index in [1.165, 1.54) is 5.56 Å². The van der Waals surface area contributed by atoms with Crippen molar-refractivity contribution in [3.05, 3.63) is 95.1 Å². The summed E-state index contributed by atoms with van der Waals surface area (Å²) >= 11 is 0. The summed E-state index contributed by atoms with van der Waals surface area (Å²) in [5.74, 6) is -0.0682. The van der Waals surface area contributed by atoms with Gasteiger partial charge < -0.3 is 9.73 Å². The molecule has 3 aromatic carbocycles. The van der Waals surface area contributed by atoms with Crippen LogP contribution in [-0.2, 0) is 19.7 Å². The Hall–Kier alpha value is -4.16. The molecule has 4 aromatic rings. The molecule has 10 nitrogen and oxygen atoms in total. The van der Waals surface area contributed by atoms with Gasteiger partial charge in [0.2, 0.25) is 15.7 Å². The van der Waals surface area contributed by atoms with Crippen molar-refractivity contribution in [2.45, 2.75) is 78.0 Å². The van der Waals surface area contributed by atoms with Gasteiger partial charge in [-0.1, -0.05) is 75.8 Å². The van der Waals surface area contributed by atoms with E-state index in [0.717, 1.165) is 11.8 Å².